The highest BCUT2D eigenvalue weighted by atomic mass is 15.2. The number of nitrogens with one attached hydrogen (secondary N) is 1. The van der Waals surface area contributed by atoms with Crippen molar-refractivity contribution < 1.29 is 0 Å². The maximum Gasteiger partial charge on any atom is 0.128 e. The minimum atomic E-state index is 0.855. The Morgan fingerprint density at radius 1 is 1.11 bits per heavy atom. The highest BCUT2D eigenvalue weighted by molar-refractivity contribution is 5.38. The molecule has 0 aliphatic heterocycles. The van der Waals surface area contributed by atoms with Crippen LogP contribution in [-0.4, -0.2) is 30.6 Å². The second kappa shape index (κ2) is 6.85. The molecule has 4 heteroatoms. The number of hydrogen-bond acceptors (Lipinski definition) is 4. The Hall–Kier alpha value is -1.94. The Balaban J connectivity index is 1.90. The van der Waals surface area contributed by atoms with Crippen molar-refractivity contribution in [2.75, 3.05) is 25.5 Å². The minimum Gasteiger partial charge on any atom is -0.359 e. The molecule has 0 amide bonds. The Bertz CT molecular complexity index is 481. The average Bonchev–Trinajstić information content (AvgIpc) is 2.47. The molecule has 1 N–H and O–H groups in total. The van der Waals surface area contributed by atoms with Crippen molar-refractivity contribution >= 4 is 5.82 Å². The van der Waals surface area contributed by atoms with Gasteiger partial charge >= 0.3 is 0 Å². The standard InChI is InChI=1S/C15H20N4/c1-16-11-14-3-4-15(18-12-14)19(2)10-7-13-5-8-17-9-6-13/h3-6,8-9,12,16H,7,10-11H2,1-2H3. The zero-order valence-electron chi connectivity index (χ0n) is 11.5. The number of hydrogen-bond donors (Lipinski definition) is 1. The van der Waals surface area contributed by atoms with Gasteiger partial charge in [-0.15, -0.1) is 0 Å². The molecule has 0 radical (unpaired) electrons. The third kappa shape index (κ3) is 4.03. The van der Waals surface area contributed by atoms with Gasteiger partial charge in [0.1, 0.15) is 5.82 Å². The summed E-state index contributed by atoms with van der Waals surface area (Å²) in [4.78, 5) is 10.7. The van der Waals surface area contributed by atoms with Gasteiger partial charge in [0.15, 0.2) is 0 Å². The predicted octanol–water partition coefficient (Wildman–Crippen LogP) is 1.87. The van der Waals surface area contributed by atoms with Gasteiger partial charge in [-0.1, -0.05) is 6.07 Å². The Morgan fingerprint density at radius 2 is 1.89 bits per heavy atom. The third-order valence-corrected chi connectivity index (χ3v) is 3.07. The molecule has 0 aliphatic carbocycles. The maximum atomic E-state index is 4.48. The summed E-state index contributed by atoms with van der Waals surface area (Å²) >= 11 is 0. The van der Waals surface area contributed by atoms with Crippen LogP contribution in [0.3, 0.4) is 0 Å². The molecule has 4 nitrogen and oxygen atoms in total. The summed E-state index contributed by atoms with van der Waals surface area (Å²) in [6.07, 6.45) is 6.59. The molecule has 2 aromatic rings. The smallest absolute Gasteiger partial charge is 0.128 e. The number of likely N-dealkylation sites (N-methyl/N-ethyl adjacent to an activating group) is 1. The van der Waals surface area contributed by atoms with Crippen LogP contribution in [0.25, 0.3) is 0 Å². The molecule has 0 fully saturated rings. The number of aromatic nitrogens is 2. The molecule has 2 heterocycles. The molecule has 0 aliphatic rings. The van der Waals surface area contributed by atoms with E-state index in [1.807, 2.05) is 25.6 Å². The molecule has 0 saturated carbocycles. The SMILES string of the molecule is CNCc1ccc(N(C)CCc2ccncc2)nc1. The van der Waals surface area contributed by atoms with Gasteiger partial charge in [-0.3, -0.25) is 4.98 Å². The second-order valence-electron chi connectivity index (χ2n) is 4.58. The van der Waals surface area contributed by atoms with E-state index in [1.54, 1.807) is 0 Å². The predicted molar refractivity (Wildman–Crippen MR) is 78.2 cm³/mol. The Morgan fingerprint density at radius 3 is 2.53 bits per heavy atom. The van der Waals surface area contributed by atoms with Gasteiger partial charge in [0, 0.05) is 38.7 Å². The van der Waals surface area contributed by atoms with E-state index in [1.165, 1.54) is 11.1 Å². The number of nitrogens with zero attached hydrogens (tertiary/aromatic N) is 3. The van der Waals surface area contributed by atoms with E-state index in [0.717, 1.165) is 25.3 Å². The fourth-order valence-corrected chi connectivity index (χ4v) is 1.91. The molecule has 0 atom stereocenters. The van der Waals surface area contributed by atoms with E-state index in [2.05, 4.69) is 51.5 Å². The fraction of sp³-hybridized carbons (Fsp3) is 0.333. The van der Waals surface area contributed by atoms with E-state index in [0.29, 0.717) is 0 Å². The van der Waals surface area contributed by atoms with Gasteiger partial charge in [0.05, 0.1) is 0 Å². The summed E-state index contributed by atoms with van der Waals surface area (Å²) in [7, 11) is 4.01. The van der Waals surface area contributed by atoms with Crippen molar-refractivity contribution in [3.05, 3.63) is 54.0 Å². The lowest BCUT2D eigenvalue weighted by Gasteiger charge is -2.18. The van der Waals surface area contributed by atoms with Crippen LogP contribution in [0, 0.1) is 0 Å². The van der Waals surface area contributed by atoms with Crippen molar-refractivity contribution in [3.8, 4) is 0 Å². The zero-order chi connectivity index (χ0) is 13.5. The molecule has 0 spiro atoms. The van der Waals surface area contributed by atoms with Crippen LogP contribution in [0.15, 0.2) is 42.9 Å². The van der Waals surface area contributed by atoms with E-state index < -0.39 is 0 Å². The van der Waals surface area contributed by atoms with E-state index >= 15 is 0 Å². The van der Waals surface area contributed by atoms with Crippen molar-refractivity contribution in [2.45, 2.75) is 13.0 Å². The number of anilines is 1. The van der Waals surface area contributed by atoms with Crippen LogP contribution in [-0.2, 0) is 13.0 Å². The monoisotopic (exact) mass is 256 g/mol. The molecule has 0 bridgehead atoms. The quantitative estimate of drug-likeness (QED) is 0.856. The van der Waals surface area contributed by atoms with Crippen LogP contribution in [0.4, 0.5) is 5.82 Å². The normalized spacial score (nSPS) is 10.4. The van der Waals surface area contributed by atoms with Crippen LogP contribution < -0.4 is 10.2 Å². The van der Waals surface area contributed by atoms with Gasteiger partial charge < -0.3 is 10.2 Å². The molecular formula is C15H20N4. The molecule has 19 heavy (non-hydrogen) atoms. The first-order chi connectivity index (χ1) is 9.29. The molecule has 2 rings (SSSR count). The first-order valence-corrected chi connectivity index (χ1v) is 6.49. The van der Waals surface area contributed by atoms with E-state index in [-0.39, 0.29) is 0 Å². The molecule has 2 aromatic heterocycles. The summed E-state index contributed by atoms with van der Waals surface area (Å²) in [5, 5.41) is 3.12. The van der Waals surface area contributed by atoms with Crippen molar-refractivity contribution in [3.63, 3.8) is 0 Å². The third-order valence-electron chi connectivity index (χ3n) is 3.07. The van der Waals surface area contributed by atoms with Gasteiger partial charge in [-0.25, -0.2) is 4.98 Å². The van der Waals surface area contributed by atoms with Gasteiger partial charge in [-0.05, 0) is 42.8 Å². The van der Waals surface area contributed by atoms with Gasteiger partial charge in [-0.2, -0.15) is 0 Å². The highest BCUT2D eigenvalue weighted by Gasteiger charge is 2.02. The summed E-state index contributed by atoms with van der Waals surface area (Å²) in [5.74, 6) is 1.01. The van der Waals surface area contributed by atoms with Crippen LogP contribution in [0.1, 0.15) is 11.1 Å². The first-order valence-electron chi connectivity index (χ1n) is 6.49. The molecule has 0 unspecified atom stereocenters. The van der Waals surface area contributed by atoms with Crippen LogP contribution in [0.2, 0.25) is 0 Å². The lowest BCUT2D eigenvalue weighted by molar-refractivity contribution is 0.808. The fourth-order valence-electron chi connectivity index (χ4n) is 1.91. The summed E-state index contributed by atoms with van der Waals surface area (Å²) in [5.41, 5.74) is 2.50. The minimum absolute atomic E-state index is 0.855. The largest absolute Gasteiger partial charge is 0.359 e. The van der Waals surface area contributed by atoms with Crippen molar-refractivity contribution in [1.29, 1.82) is 0 Å². The average molecular weight is 256 g/mol. The molecule has 0 aromatic carbocycles. The van der Waals surface area contributed by atoms with Gasteiger partial charge in [0.2, 0.25) is 0 Å². The first kappa shape index (κ1) is 13.5. The number of rotatable bonds is 6. The molecular weight excluding hydrogens is 236 g/mol. The molecule has 100 valence electrons. The highest BCUT2D eigenvalue weighted by Crippen LogP contribution is 2.10. The number of pyridine rings is 2. The van der Waals surface area contributed by atoms with Crippen LogP contribution in [0.5, 0.6) is 0 Å². The summed E-state index contributed by atoms with van der Waals surface area (Å²) < 4.78 is 0. The maximum absolute atomic E-state index is 4.48. The summed E-state index contributed by atoms with van der Waals surface area (Å²) in [6.45, 7) is 1.80. The topological polar surface area (TPSA) is 41.0 Å². The van der Waals surface area contributed by atoms with Crippen molar-refractivity contribution in [1.82, 2.24) is 15.3 Å². The second-order valence-corrected chi connectivity index (χ2v) is 4.58. The lowest BCUT2D eigenvalue weighted by Crippen LogP contribution is -2.21. The van der Waals surface area contributed by atoms with E-state index in [4.69, 9.17) is 0 Å². The Kier molecular flexibility index (Phi) is 4.86. The lowest BCUT2D eigenvalue weighted by atomic mass is 10.2. The van der Waals surface area contributed by atoms with Crippen molar-refractivity contribution in [2.24, 2.45) is 0 Å². The van der Waals surface area contributed by atoms with E-state index in [9.17, 15) is 0 Å². The van der Waals surface area contributed by atoms with Crippen LogP contribution >= 0.6 is 0 Å². The Labute approximate surface area is 114 Å². The zero-order valence-corrected chi connectivity index (χ0v) is 11.5. The summed E-state index contributed by atoms with van der Waals surface area (Å²) in [6, 6.07) is 8.29. The molecule has 0 saturated heterocycles. The van der Waals surface area contributed by atoms with Gasteiger partial charge in [0.25, 0.3) is 0 Å².